The smallest absolute Gasteiger partial charge is 0.337 e. The molecule has 2 N–H and O–H groups in total. The highest BCUT2D eigenvalue weighted by Crippen LogP contribution is 2.28. The summed E-state index contributed by atoms with van der Waals surface area (Å²) in [6.07, 6.45) is 1.64. The van der Waals surface area contributed by atoms with Crippen LogP contribution in [0.2, 0.25) is 0 Å². The van der Waals surface area contributed by atoms with E-state index >= 15 is 0 Å². The first kappa shape index (κ1) is 18.2. The van der Waals surface area contributed by atoms with Crippen LogP contribution in [0.25, 0.3) is 0 Å². The highest BCUT2D eigenvalue weighted by molar-refractivity contribution is 5.90. The van der Waals surface area contributed by atoms with Crippen LogP contribution < -0.4 is 15.4 Å². The highest BCUT2D eigenvalue weighted by Gasteiger charge is 2.08. The number of nitrogens with one attached hydrogen (secondary N) is 2. The molecule has 0 saturated carbocycles. The third kappa shape index (κ3) is 4.52. The van der Waals surface area contributed by atoms with Gasteiger partial charge in [0.15, 0.2) is 0 Å². The minimum Gasteiger partial charge on any atom is -0.495 e. The summed E-state index contributed by atoms with van der Waals surface area (Å²) in [4.78, 5) is 20.3. The van der Waals surface area contributed by atoms with Gasteiger partial charge in [0.2, 0.25) is 5.95 Å². The van der Waals surface area contributed by atoms with E-state index in [9.17, 15) is 4.79 Å². The maximum Gasteiger partial charge on any atom is 0.337 e. The van der Waals surface area contributed by atoms with Crippen molar-refractivity contribution in [1.29, 1.82) is 0 Å². The second kappa shape index (κ2) is 8.18. The lowest BCUT2D eigenvalue weighted by Crippen LogP contribution is -2.04. The number of aromatic nitrogens is 2. The first-order chi connectivity index (χ1) is 13.1. The highest BCUT2D eigenvalue weighted by atomic mass is 16.5. The van der Waals surface area contributed by atoms with Gasteiger partial charge in [0, 0.05) is 11.9 Å². The molecule has 0 aliphatic rings. The summed E-state index contributed by atoms with van der Waals surface area (Å²) in [5.41, 5.74) is 3.05. The van der Waals surface area contributed by atoms with Crippen molar-refractivity contribution in [3.8, 4) is 5.75 Å². The molecule has 7 heteroatoms. The molecule has 0 saturated heterocycles. The summed E-state index contributed by atoms with van der Waals surface area (Å²) in [5, 5.41) is 6.33. The molecule has 1 aromatic heterocycles. The van der Waals surface area contributed by atoms with Gasteiger partial charge >= 0.3 is 5.97 Å². The van der Waals surface area contributed by atoms with Gasteiger partial charge in [-0.05, 0) is 48.9 Å². The molecule has 2 aromatic carbocycles. The van der Waals surface area contributed by atoms with Gasteiger partial charge in [-0.2, -0.15) is 4.98 Å². The Morgan fingerprint density at radius 2 is 1.89 bits per heavy atom. The summed E-state index contributed by atoms with van der Waals surface area (Å²) < 4.78 is 10.1. The number of hydrogen-bond acceptors (Lipinski definition) is 7. The van der Waals surface area contributed by atoms with Crippen molar-refractivity contribution in [3.05, 3.63) is 65.9 Å². The number of carbonyl (C=O) groups excluding carboxylic acids is 1. The molecule has 7 nitrogen and oxygen atoms in total. The monoisotopic (exact) mass is 364 g/mol. The first-order valence-electron chi connectivity index (χ1n) is 8.29. The molecule has 0 amide bonds. The quantitative estimate of drug-likeness (QED) is 0.638. The van der Waals surface area contributed by atoms with Crippen molar-refractivity contribution < 1.29 is 14.3 Å². The number of anilines is 4. The number of carbonyl (C=O) groups is 1. The lowest BCUT2D eigenvalue weighted by atomic mass is 10.2. The predicted molar refractivity (Wildman–Crippen MR) is 104 cm³/mol. The average molecular weight is 364 g/mol. The van der Waals surface area contributed by atoms with Crippen LogP contribution in [0.3, 0.4) is 0 Å². The summed E-state index contributed by atoms with van der Waals surface area (Å²) in [7, 11) is 2.97. The Balaban J connectivity index is 1.80. The molecule has 0 unspecified atom stereocenters. The maximum absolute atomic E-state index is 11.7. The molecule has 0 aliphatic carbocycles. The lowest BCUT2D eigenvalue weighted by molar-refractivity contribution is 0.0601. The lowest BCUT2D eigenvalue weighted by Gasteiger charge is -2.12. The van der Waals surface area contributed by atoms with Gasteiger partial charge in [-0.15, -0.1) is 0 Å². The Morgan fingerprint density at radius 3 is 2.67 bits per heavy atom. The Morgan fingerprint density at radius 1 is 1.04 bits per heavy atom. The second-order valence-corrected chi connectivity index (χ2v) is 5.79. The van der Waals surface area contributed by atoms with Gasteiger partial charge in [-0.1, -0.05) is 12.1 Å². The number of hydrogen-bond donors (Lipinski definition) is 2. The van der Waals surface area contributed by atoms with E-state index in [2.05, 4.69) is 20.6 Å². The minimum atomic E-state index is -0.401. The van der Waals surface area contributed by atoms with Gasteiger partial charge in [0.05, 0.1) is 25.5 Å². The Hall–Kier alpha value is -3.61. The fourth-order valence-electron chi connectivity index (χ4n) is 2.52. The molecular formula is C20H20N4O3. The van der Waals surface area contributed by atoms with Gasteiger partial charge < -0.3 is 20.1 Å². The molecule has 0 bridgehead atoms. The van der Waals surface area contributed by atoms with Gasteiger partial charge in [-0.3, -0.25) is 0 Å². The standard InChI is InChI=1S/C20H20N4O3/c1-13-7-8-17(26-2)16(11-13)23-18-9-10-21-20(24-18)22-15-6-4-5-14(12-15)19(25)27-3/h4-12H,1-3H3,(H2,21,22,23,24). The fourth-order valence-corrected chi connectivity index (χ4v) is 2.52. The van der Waals surface area contributed by atoms with Crippen molar-refractivity contribution in [2.45, 2.75) is 6.92 Å². The summed E-state index contributed by atoms with van der Waals surface area (Å²) in [6.45, 7) is 2.01. The van der Waals surface area contributed by atoms with Crippen LogP contribution in [0.15, 0.2) is 54.7 Å². The Labute approximate surface area is 157 Å². The van der Waals surface area contributed by atoms with Crippen LogP contribution >= 0.6 is 0 Å². The number of rotatable bonds is 6. The molecule has 0 spiro atoms. The van der Waals surface area contributed by atoms with Gasteiger partial charge in [-0.25, -0.2) is 9.78 Å². The first-order valence-corrected chi connectivity index (χ1v) is 8.29. The van der Waals surface area contributed by atoms with E-state index in [1.165, 1.54) is 7.11 Å². The zero-order chi connectivity index (χ0) is 19.2. The fraction of sp³-hybridized carbons (Fsp3) is 0.150. The van der Waals surface area contributed by atoms with Crippen LogP contribution in [0.4, 0.5) is 23.1 Å². The van der Waals surface area contributed by atoms with Crippen molar-refractivity contribution in [2.24, 2.45) is 0 Å². The van der Waals surface area contributed by atoms with Crippen molar-refractivity contribution in [1.82, 2.24) is 9.97 Å². The van der Waals surface area contributed by atoms with E-state index in [0.717, 1.165) is 17.0 Å². The molecule has 3 rings (SSSR count). The van der Waals surface area contributed by atoms with E-state index < -0.39 is 5.97 Å². The van der Waals surface area contributed by atoms with Crippen molar-refractivity contribution in [2.75, 3.05) is 24.9 Å². The maximum atomic E-state index is 11.7. The number of methoxy groups -OCH3 is 2. The SMILES string of the molecule is COC(=O)c1cccc(Nc2nccc(Nc3cc(C)ccc3OC)n2)c1. The van der Waals surface area contributed by atoms with Crippen LogP contribution in [-0.4, -0.2) is 30.2 Å². The molecule has 3 aromatic rings. The zero-order valence-corrected chi connectivity index (χ0v) is 15.3. The van der Waals surface area contributed by atoms with Gasteiger partial charge in [0.25, 0.3) is 0 Å². The number of esters is 1. The number of aryl methyl sites for hydroxylation is 1. The summed E-state index contributed by atoms with van der Waals surface area (Å²) >= 11 is 0. The van der Waals surface area contributed by atoms with Crippen LogP contribution in [0.1, 0.15) is 15.9 Å². The van der Waals surface area contributed by atoms with Crippen molar-refractivity contribution >= 4 is 29.1 Å². The van der Waals surface area contributed by atoms with E-state index in [1.54, 1.807) is 37.6 Å². The largest absolute Gasteiger partial charge is 0.495 e. The van der Waals surface area contributed by atoms with Crippen LogP contribution in [-0.2, 0) is 4.74 Å². The molecule has 27 heavy (non-hydrogen) atoms. The third-order valence-corrected chi connectivity index (χ3v) is 3.81. The van der Waals surface area contributed by atoms with Crippen LogP contribution in [0, 0.1) is 6.92 Å². The summed E-state index contributed by atoms with van der Waals surface area (Å²) in [6, 6.07) is 14.6. The summed E-state index contributed by atoms with van der Waals surface area (Å²) in [5.74, 6) is 1.33. The second-order valence-electron chi connectivity index (χ2n) is 5.79. The van der Waals surface area contributed by atoms with E-state index in [-0.39, 0.29) is 0 Å². The topological polar surface area (TPSA) is 85.4 Å². The zero-order valence-electron chi connectivity index (χ0n) is 15.3. The third-order valence-electron chi connectivity index (χ3n) is 3.81. The molecular weight excluding hydrogens is 344 g/mol. The van der Waals surface area contributed by atoms with E-state index in [4.69, 9.17) is 9.47 Å². The van der Waals surface area contributed by atoms with E-state index in [1.807, 2.05) is 31.2 Å². The normalized spacial score (nSPS) is 10.2. The van der Waals surface area contributed by atoms with Crippen LogP contribution in [0.5, 0.6) is 5.75 Å². The average Bonchev–Trinajstić information content (AvgIpc) is 2.68. The molecule has 0 radical (unpaired) electrons. The number of nitrogens with zero attached hydrogens (tertiary/aromatic N) is 2. The van der Waals surface area contributed by atoms with Crippen molar-refractivity contribution in [3.63, 3.8) is 0 Å². The Bertz CT molecular complexity index is 959. The number of ether oxygens (including phenoxy) is 2. The Kier molecular flexibility index (Phi) is 5.51. The molecule has 0 aliphatic heterocycles. The number of benzene rings is 2. The molecule has 0 atom stereocenters. The predicted octanol–water partition coefficient (Wildman–Crippen LogP) is 4.07. The molecule has 0 fully saturated rings. The molecule has 1 heterocycles. The van der Waals surface area contributed by atoms with Gasteiger partial charge in [0.1, 0.15) is 11.6 Å². The molecule has 138 valence electrons. The minimum absolute atomic E-state index is 0.397. The van der Waals surface area contributed by atoms with E-state index in [0.29, 0.717) is 23.0 Å².